The number of nitriles is 1. The van der Waals surface area contributed by atoms with Gasteiger partial charge in [0.2, 0.25) is 5.91 Å². The van der Waals surface area contributed by atoms with Crippen LogP contribution in [0.5, 0.6) is 0 Å². The molecule has 0 bridgehead atoms. The lowest BCUT2D eigenvalue weighted by atomic mass is 9.92. The van der Waals surface area contributed by atoms with Crippen LogP contribution in [0.15, 0.2) is 48.7 Å². The molecule has 6 heteroatoms. The maximum Gasteiger partial charge on any atom is 0.223 e. The molecule has 1 N–H and O–H groups in total. The third-order valence-corrected chi connectivity index (χ3v) is 6.87. The summed E-state index contributed by atoms with van der Waals surface area (Å²) in [5.74, 6) is 1.83. The van der Waals surface area contributed by atoms with Crippen LogP contribution in [0.25, 0.3) is 0 Å². The Morgan fingerprint density at radius 3 is 2.53 bits per heavy atom. The van der Waals surface area contributed by atoms with Crippen molar-refractivity contribution in [2.24, 2.45) is 11.8 Å². The van der Waals surface area contributed by atoms with Crippen molar-refractivity contribution in [1.82, 2.24) is 15.2 Å². The maximum absolute atomic E-state index is 12.6. The first-order valence-corrected chi connectivity index (χ1v) is 11.9. The Balaban J connectivity index is 1.12. The number of rotatable bonds is 7. The number of nitrogens with zero attached hydrogens (tertiary/aromatic N) is 4. The van der Waals surface area contributed by atoms with E-state index in [-0.39, 0.29) is 11.8 Å². The minimum Gasteiger partial charge on any atom is -0.357 e. The molecule has 1 aromatic heterocycles. The molecule has 2 saturated heterocycles. The third-order valence-electron chi connectivity index (χ3n) is 6.87. The van der Waals surface area contributed by atoms with Gasteiger partial charge in [0.25, 0.3) is 0 Å². The molecule has 168 valence electrons. The number of benzene rings is 1. The lowest BCUT2D eigenvalue weighted by Gasteiger charge is -2.33. The Morgan fingerprint density at radius 2 is 1.81 bits per heavy atom. The second-order valence-corrected chi connectivity index (χ2v) is 9.06. The number of anilines is 1. The van der Waals surface area contributed by atoms with Gasteiger partial charge >= 0.3 is 0 Å². The van der Waals surface area contributed by atoms with Crippen LogP contribution in [-0.4, -0.2) is 48.5 Å². The van der Waals surface area contributed by atoms with Gasteiger partial charge in [-0.1, -0.05) is 30.3 Å². The first-order chi connectivity index (χ1) is 15.7. The van der Waals surface area contributed by atoms with E-state index < -0.39 is 0 Å². The number of aromatic nitrogens is 1. The summed E-state index contributed by atoms with van der Waals surface area (Å²) in [6.07, 6.45) is 6.86. The van der Waals surface area contributed by atoms with Crippen molar-refractivity contribution in [3.05, 3.63) is 59.8 Å². The molecule has 1 aromatic carbocycles. The molecule has 0 radical (unpaired) electrons. The van der Waals surface area contributed by atoms with Crippen LogP contribution in [0, 0.1) is 23.2 Å². The van der Waals surface area contributed by atoms with Gasteiger partial charge in [-0.25, -0.2) is 4.98 Å². The highest BCUT2D eigenvalue weighted by molar-refractivity contribution is 5.78. The summed E-state index contributed by atoms with van der Waals surface area (Å²) in [5.41, 5.74) is 2.01. The number of carbonyl (C=O) groups is 1. The molecule has 0 unspecified atom stereocenters. The molecule has 6 nitrogen and oxygen atoms in total. The van der Waals surface area contributed by atoms with E-state index in [1.165, 1.54) is 18.4 Å². The van der Waals surface area contributed by atoms with Gasteiger partial charge in [0, 0.05) is 38.3 Å². The zero-order chi connectivity index (χ0) is 22.2. The topological polar surface area (TPSA) is 72.3 Å². The number of amides is 1. The lowest BCUT2D eigenvalue weighted by Crippen LogP contribution is -2.41. The SMILES string of the molecule is N#Cc1ccnc(N2CCC(C(=O)NCCC3CCN(Cc4ccccc4)CC3)CC2)c1. The van der Waals surface area contributed by atoms with Gasteiger partial charge < -0.3 is 10.2 Å². The van der Waals surface area contributed by atoms with Crippen LogP contribution in [0.3, 0.4) is 0 Å². The minimum absolute atomic E-state index is 0.0816. The van der Waals surface area contributed by atoms with E-state index in [0.717, 1.165) is 64.3 Å². The number of hydrogen-bond acceptors (Lipinski definition) is 5. The molecule has 32 heavy (non-hydrogen) atoms. The highest BCUT2D eigenvalue weighted by atomic mass is 16.1. The zero-order valence-corrected chi connectivity index (χ0v) is 18.7. The summed E-state index contributed by atoms with van der Waals surface area (Å²) in [4.78, 5) is 21.7. The molecule has 3 heterocycles. The fourth-order valence-corrected chi connectivity index (χ4v) is 4.85. The molecule has 4 rings (SSSR count). The first kappa shape index (κ1) is 22.3. The number of hydrogen-bond donors (Lipinski definition) is 1. The monoisotopic (exact) mass is 431 g/mol. The molecular formula is C26H33N5O. The molecule has 2 aromatic rings. The Morgan fingerprint density at radius 1 is 1.06 bits per heavy atom. The van der Waals surface area contributed by atoms with Gasteiger partial charge in [-0.2, -0.15) is 5.26 Å². The summed E-state index contributed by atoms with van der Waals surface area (Å²) < 4.78 is 0. The zero-order valence-electron chi connectivity index (χ0n) is 18.7. The van der Waals surface area contributed by atoms with Crippen molar-refractivity contribution in [2.45, 2.75) is 38.6 Å². The average molecular weight is 432 g/mol. The molecule has 2 fully saturated rings. The summed E-state index contributed by atoms with van der Waals surface area (Å²) in [7, 11) is 0. The standard InChI is InChI=1S/C26H33N5O/c27-19-23-7-12-28-25(18-23)31-16-10-24(11-17-31)26(32)29-13-6-21-8-14-30(15-9-21)20-22-4-2-1-3-5-22/h1-5,7,12,18,21,24H,6,8-11,13-17,20H2,(H,29,32). The summed E-state index contributed by atoms with van der Waals surface area (Å²) in [5, 5.41) is 12.3. The smallest absolute Gasteiger partial charge is 0.223 e. The summed E-state index contributed by atoms with van der Waals surface area (Å²) in [6.45, 7) is 5.73. The maximum atomic E-state index is 12.6. The fraction of sp³-hybridized carbons (Fsp3) is 0.500. The van der Waals surface area contributed by atoms with Crippen molar-refractivity contribution in [2.75, 3.05) is 37.6 Å². The first-order valence-electron chi connectivity index (χ1n) is 11.9. The van der Waals surface area contributed by atoms with Gasteiger partial charge in [-0.15, -0.1) is 0 Å². The predicted octanol–water partition coefficient (Wildman–Crippen LogP) is 3.59. The van der Waals surface area contributed by atoms with E-state index in [0.29, 0.717) is 11.5 Å². The number of pyridine rings is 1. The van der Waals surface area contributed by atoms with Gasteiger partial charge in [-0.3, -0.25) is 9.69 Å². The lowest BCUT2D eigenvalue weighted by molar-refractivity contribution is -0.125. The van der Waals surface area contributed by atoms with E-state index in [2.05, 4.69) is 56.5 Å². The molecule has 0 atom stereocenters. The number of nitrogens with one attached hydrogen (secondary N) is 1. The predicted molar refractivity (Wildman–Crippen MR) is 126 cm³/mol. The summed E-state index contributed by atoms with van der Waals surface area (Å²) >= 11 is 0. The molecule has 0 aliphatic carbocycles. The van der Waals surface area contributed by atoms with Gasteiger partial charge in [-0.05, 0) is 68.8 Å². The third kappa shape index (κ3) is 6.08. The van der Waals surface area contributed by atoms with E-state index >= 15 is 0 Å². The van der Waals surface area contributed by atoms with Crippen LogP contribution in [-0.2, 0) is 11.3 Å². The van der Waals surface area contributed by atoms with Crippen LogP contribution < -0.4 is 10.2 Å². The molecule has 0 saturated carbocycles. The van der Waals surface area contributed by atoms with Crippen molar-refractivity contribution in [3.8, 4) is 6.07 Å². The van der Waals surface area contributed by atoms with Gasteiger partial charge in [0.15, 0.2) is 0 Å². The van der Waals surface area contributed by atoms with E-state index in [4.69, 9.17) is 5.26 Å². The van der Waals surface area contributed by atoms with Crippen molar-refractivity contribution in [3.63, 3.8) is 0 Å². The largest absolute Gasteiger partial charge is 0.357 e. The Labute approximate surface area is 191 Å². The minimum atomic E-state index is 0.0816. The van der Waals surface area contributed by atoms with Crippen molar-refractivity contribution >= 4 is 11.7 Å². The average Bonchev–Trinajstić information content (AvgIpc) is 2.86. The Kier molecular flexibility index (Phi) is 7.73. The second kappa shape index (κ2) is 11.1. The van der Waals surface area contributed by atoms with E-state index in [1.54, 1.807) is 12.3 Å². The molecule has 2 aliphatic rings. The van der Waals surface area contributed by atoms with Crippen LogP contribution in [0.2, 0.25) is 0 Å². The summed E-state index contributed by atoms with van der Waals surface area (Å²) in [6, 6.07) is 16.4. The van der Waals surface area contributed by atoms with Crippen molar-refractivity contribution in [1.29, 1.82) is 5.26 Å². The fourth-order valence-electron chi connectivity index (χ4n) is 4.85. The van der Waals surface area contributed by atoms with Crippen LogP contribution in [0.1, 0.15) is 43.2 Å². The quantitative estimate of drug-likeness (QED) is 0.725. The molecular weight excluding hydrogens is 398 g/mol. The number of carbonyl (C=O) groups excluding carboxylic acids is 1. The molecule has 0 spiro atoms. The highest BCUT2D eigenvalue weighted by Gasteiger charge is 2.26. The van der Waals surface area contributed by atoms with Gasteiger partial charge in [0.05, 0.1) is 11.6 Å². The Hall–Kier alpha value is -2.91. The van der Waals surface area contributed by atoms with E-state index in [1.807, 2.05) is 6.07 Å². The van der Waals surface area contributed by atoms with Crippen molar-refractivity contribution < 1.29 is 4.79 Å². The highest BCUT2D eigenvalue weighted by Crippen LogP contribution is 2.24. The van der Waals surface area contributed by atoms with Gasteiger partial charge in [0.1, 0.15) is 5.82 Å². The number of likely N-dealkylation sites (tertiary alicyclic amines) is 1. The number of piperidine rings is 2. The van der Waals surface area contributed by atoms with Crippen LogP contribution >= 0.6 is 0 Å². The van der Waals surface area contributed by atoms with Crippen LogP contribution in [0.4, 0.5) is 5.82 Å². The van der Waals surface area contributed by atoms with E-state index in [9.17, 15) is 4.79 Å². The Bertz CT molecular complexity index is 909. The second-order valence-electron chi connectivity index (χ2n) is 9.06. The normalized spacial score (nSPS) is 18.3. The molecule has 2 aliphatic heterocycles. The molecule has 1 amide bonds.